The fourth-order valence-corrected chi connectivity index (χ4v) is 4.83. The molecule has 2 fully saturated rings. The summed E-state index contributed by atoms with van der Waals surface area (Å²) >= 11 is 0. The number of fused-ring (bicyclic) bond motifs is 1. The number of hydrogen-bond donors (Lipinski definition) is 1. The summed E-state index contributed by atoms with van der Waals surface area (Å²) in [5.41, 5.74) is 1.19. The van der Waals surface area contributed by atoms with Crippen LogP contribution in [0.4, 0.5) is 0 Å². The molecule has 25 heavy (non-hydrogen) atoms. The highest BCUT2D eigenvalue weighted by atomic mass is 16.3. The fraction of sp³-hybridized carbons (Fsp3) is 0.571. The Bertz CT molecular complexity index is 738. The van der Waals surface area contributed by atoms with Crippen molar-refractivity contribution in [2.45, 2.75) is 63.6 Å². The minimum absolute atomic E-state index is 0.222. The van der Waals surface area contributed by atoms with Gasteiger partial charge in [0.1, 0.15) is 0 Å². The van der Waals surface area contributed by atoms with Crippen LogP contribution < -0.4 is 0 Å². The first-order valence-corrected chi connectivity index (χ1v) is 9.75. The lowest BCUT2D eigenvalue weighted by Gasteiger charge is -2.37. The van der Waals surface area contributed by atoms with Crippen molar-refractivity contribution >= 4 is 16.8 Å². The lowest BCUT2D eigenvalue weighted by molar-refractivity contribution is -0.134. The summed E-state index contributed by atoms with van der Waals surface area (Å²) in [6.45, 7) is 1.59. The van der Waals surface area contributed by atoms with Gasteiger partial charge in [-0.2, -0.15) is 0 Å². The Morgan fingerprint density at radius 1 is 1.08 bits per heavy atom. The SMILES string of the molecule is O=C(CCn1ccc2ccccc21)N1CCC[C@@H]1[C@H]1CCCC[C@@H]1O. The van der Waals surface area contributed by atoms with E-state index in [0.29, 0.717) is 6.42 Å². The fourth-order valence-electron chi connectivity index (χ4n) is 4.83. The zero-order chi connectivity index (χ0) is 17.2. The number of benzene rings is 1. The summed E-state index contributed by atoms with van der Waals surface area (Å²) in [7, 11) is 0. The molecule has 1 aliphatic heterocycles. The number of carbonyl (C=O) groups is 1. The van der Waals surface area contributed by atoms with Gasteiger partial charge in [-0.3, -0.25) is 4.79 Å². The number of hydrogen-bond acceptors (Lipinski definition) is 2. The maximum Gasteiger partial charge on any atom is 0.224 e. The quantitative estimate of drug-likeness (QED) is 0.925. The predicted octanol–water partition coefficient (Wildman–Crippen LogP) is 3.57. The van der Waals surface area contributed by atoms with Crippen LogP contribution >= 0.6 is 0 Å². The van der Waals surface area contributed by atoms with Gasteiger partial charge in [0.2, 0.25) is 5.91 Å². The predicted molar refractivity (Wildman–Crippen MR) is 99.3 cm³/mol. The average Bonchev–Trinajstić information content (AvgIpc) is 3.27. The van der Waals surface area contributed by atoms with Gasteiger partial charge in [0.05, 0.1) is 6.10 Å². The number of likely N-dealkylation sites (tertiary alicyclic amines) is 1. The molecule has 2 aromatic rings. The summed E-state index contributed by atoms with van der Waals surface area (Å²) in [4.78, 5) is 14.9. The molecule has 2 heterocycles. The number of para-hydroxylation sites is 1. The Kier molecular flexibility index (Phi) is 4.80. The molecular formula is C21H28N2O2. The molecule has 0 unspecified atom stereocenters. The Labute approximate surface area is 149 Å². The van der Waals surface area contributed by atoms with Crippen LogP contribution in [-0.2, 0) is 11.3 Å². The van der Waals surface area contributed by atoms with E-state index in [2.05, 4.69) is 33.9 Å². The largest absolute Gasteiger partial charge is 0.393 e. The van der Waals surface area contributed by atoms with Crippen molar-refractivity contribution < 1.29 is 9.90 Å². The second-order valence-electron chi connectivity index (χ2n) is 7.63. The topological polar surface area (TPSA) is 45.5 Å². The number of rotatable bonds is 4. The second-order valence-corrected chi connectivity index (χ2v) is 7.63. The zero-order valence-corrected chi connectivity index (χ0v) is 14.8. The highest BCUT2D eigenvalue weighted by Gasteiger charge is 2.38. The van der Waals surface area contributed by atoms with Gasteiger partial charge in [0, 0.05) is 43.2 Å². The molecule has 2 aliphatic rings. The van der Waals surface area contributed by atoms with Crippen LogP contribution in [0.15, 0.2) is 36.5 Å². The Balaban J connectivity index is 1.41. The summed E-state index contributed by atoms with van der Waals surface area (Å²) < 4.78 is 2.17. The Morgan fingerprint density at radius 3 is 2.80 bits per heavy atom. The van der Waals surface area contributed by atoms with Crippen molar-refractivity contribution in [1.82, 2.24) is 9.47 Å². The number of aryl methyl sites for hydroxylation is 1. The van der Waals surface area contributed by atoms with Gasteiger partial charge in [0.25, 0.3) is 0 Å². The summed E-state index contributed by atoms with van der Waals surface area (Å²) in [5, 5.41) is 11.6. The molecule has 1 amide bonds. The molecule has 1 saturated carbocycles. The van der Waals surface area contributed by atoms with Crippen molar-refractivity contribution in [3.63, 3.8) is 0 Å². The first-order valence-electron chi connectivity index (χ1n) is 9.75. The van der Waals surface area contributed by atoms with Crippen molar-refractivity contribution in [3.8, 4) is 0 Å². The van der Waals surface area contributed by atoms with Gasteiger partial charge in [-0.1, -0.05) is 31.0 Å². The van der Waals surface area contributed by atoms with E-state index in [1.165, 1.54) is 17.3 Å². The molecule has 1 N–H and O–H groups in total. The molecule has 4 nitrogen and oxygen atoms in total. The van der Waals surface area contributed by atoms with E-state index < -0.39 is 0 Å². The maximum absolute atomic E-state index is 12.9. The van der Waals surface area contributed by atoms with Gasteiger partial charge < -0.3 is 14.6 Å². The molecule has 0 bridgehead atoms. The monoisotopic (exact) mass is 340 g/mol. The van der Waals surface area contributed by atoms with E-state index in [9.17, 15) is 9.90 Å². The Morgan fingerprint density at radius 2 is 1.92 bits per heavy atom. The standard InChI is InChI=1S/C21H28N2O2/c24-20-10-4-2-7-17(20)19-9-5-13-23(19)21(25)12-15-22-14-11-16-6-1-3-8-18(16)22/h1,3,6,8,11,14,17,19-20,24H,2,4-5,7,9-10,12-13,15H2/t17-,19-,20+/m1/s1. The average molecular weight is 340 g/mol. The van der Waals surface area contributed by atoms with Gasteiger partial charge in [-0.15, -0.1) is 0 Å². The number of aliphatic hydroxyl groups excluding tert-OH is 1. The smallest absolute Gasteiger partial charge is 0.224 e. The molecule has 4 rings (SSSR count). The molecule has 1 aliphatic carbocycles. The molecule has 134 valence electrons. The van der Waals surface area contributed by atoms with Crippen LogP contribution in [0.25, 0.3) is 10.9 Å². The van der Waals surface area contributed by atoms with Gasteiger partial charge >= 0.3 is 0 Å². The molecular weight excluding hydrogens is 312 g/mol. The van der Waals surface area contributed by atoms with Gasteiger partial charge in [-0.05, 0) is 43.2 Å². The van der Waals surface area contributed by atoms with E-state index in [-0.39, 0.29) is 24.0 Å². The second kappa shape index (κ2) is 7.20. The summed E-state index contributed by atoms with van der Waals surface area (Å²) in [5.74, 6) is 0.533. The van der Waals surface area contributed by atoms with Gasteiger partial charge in [0.15, 0.2) is 0 Å². The van der Waals surface area contributed by atoms with E-state index >= 15 is 0 Å². The van der Waals surface area contributed by atoms with Gasteiger partial charge in [-0.25, -0.2) is 0 Å². The van der Waals surface area contributed by atoms with E-state index in [0.717, 1.165) is 45.2 Å². The number of aromatic nitrogens is 1. The van der Waals surface area contributed by atoms with Crippen LogP contribution in [0, 0.1) is 5.92 Å². The number of aliphatic hydroxyl groups is 1. The third kappa shape index (κ3) is 3.32. The van der Waals surface area contributed by atoms with E-state index in [4.69, 9.17) is 0 Å². The molecule has 1 aromatic heterocycles. The van der Waals surface area contributed by atoms with Crippen molar-refractivity contribution in [2.24, 2.45) is 5.92 Å². The van der Waals surface area contributed by atoms with Crippen LogP contribution in [0.3, 0.4) is 0 Å². The maximum atomic E-state index is 12.9. The first-order chi connectivity index (χ1) is 12.2. The highest BCUT2D eigenvalue weighted by Crippen LogP contribution is 2.35. The van der Waals surface area contributed by atoms with Crippen molar-refractivity contribution in [3.05, 3.63) is 36.5 Å². The minimum Gasteiger partial charge on any atom is -0.393 e. The van der Waals surface area contributed by atoms with Crippen LogP contribution in [0.2, 0.25) is 0 Å². The number of amides is 1. The molecule has 1 saturated heterocycles. The third-order valence-electron chi connectivity index (χ3n) is 6.14. The molecule has 3 atom stereocenters. The van der Waals surface area contributed by atoms with E-state index in [1.54, 1.807) is 0 Å². The third-order valence-corrected chi connectivity index (χ3v) is 6.14. The van der Waals surface area contributed by atoms with Crippen LogP contribution in [0.5, 0.6) is 0 Å². The van der Waals surface area contributed by atoms with Crippen molar-refractivity contribution in [2.75, 3.05) is 6.54 Å². The lowest BCUT2D eigenvalue weighted by Crippen LogP contribution is -2.45. The van der Waals surface area contributed by atoms with Crippen LogP contribution in [-0.4, -0.2) is 39.2 Å². The highest BCUT2D eigenvalue weighted by molar-refractivity contribution is 5.80. The summed E-state index contributed by atoms with van der Waals surface area (Å²) in [6.07, 6.45) is 8.81. The Hall–Kier alpha value is -1.81. The molecule has 4 heteroatoms. The molecule has 1 aromatic carbocycles. The van der Waals surface area contributed by atoms with Crippen LogP contribution in [0.1, 0.15) is 44.9 Å². The minimum atomic E-state index is -0.222. The summed E-state index contributed by atoms with van der Waals surface area (Å²) in [6, 6.07) is 10.7. The lowest BCUT2D eigenvalue weighted by atomic mass is 9.80. The first kappa shape index (κ1) is 16.6. The number of carbonyl (C=O) groups excluding carboxylic acids is 1. The van der Waals surface area contributed by atoms with E-state index in [1.807, 2.05) is 12.1 Å². The van der Waals surface area contributed by atoms with Crippen molar-refractivity contribution in [1.29, 1.82) is 0 Å². The number of nitrogens with zero attached hydrogens (tertiary/aromatic N) is 2. The molecule has 0 spiro atoms. The normalized spacial score (nSPS) is 27.1. The zero-order valence-electron chi connectivity index (χ0n) is 14.8. The molecule has 0 radical (unpaired) electrons.